The van der Waals surface area contributed by atoms with Crippen molar-refractivity contribution >= 4 is 28.6 Å². The Morgan fingerprint density at radius 2 is 1.64 bits per heavy atom. The first-order valence-electron chi connectivity index (χ1n) is 11.0. The maximum Gasteiger partial charge on any atom is 0.305 e. The van der Waals surface area contributed by atoms with Crippen LogP contribution in [0.15, 0.2) is 60.8 Å². The van der Waals surface area contributed by atoms with Crippen molar-refractivity contribution in [3.8, 4) is 0 Å². The van der Waals surface area contributed by atoms with Crippen LogP contribution in [0.1, 0.15) is 54.3 Å². The summed E-state index contributed by atoms with van der Waals surface area (Å²) in [6.07, 6.45) is 1.77. The predicted octanol–water partition coefficient (Wildman–Crippen LogP) is 4.02. The highest BCUT2D eigenvalue weighted by Gasteiger charge is 2.27. The van der Waals surface area contributed by atoms with Gasteiger partial charge in [-0.3, -0.25) is 19.4 Å². The van der Waals surface area contributed by atoms with E-state index in [4.69, 9.17) is 0 Å². The minimum absolute atomic E-state index is 0.127. The van der Waals surface area contributed by atoms with E-state index in [1.54, 1.807) is 18.3 Å². The number of amides is 2. The number of nitrogens with zero attached hydrogens (tertiary/aromatic N) is 1. The fourth-order valence-corrected chi connectivity index (χ4v) is 3.81. The van der Waals surface area contributed by atoms with E-state index >= 15 is 0 Å². The van der Waals surface area contributed by atoms with Crippen molar-refractivity contribution in [1.82, 2.24) is 15.6 Å². The van der Waals surface area contributed by atoms with Gasteiger partial charge >= 0.3 is 5.97 Å². The molecular formula is C26H29N3O4. The largest absolute Gasteiger partial charge is 0.481 e. The molecule has 3 N–H and O–H groups in total. The zero-order valence-electron chi connectivity index (χ0n) is 19.0. The monoisotopic (exact) mass is 447 g/mol. The van der Waals surface area contributed by atoms with Crippen LogP contribution < -0.4 is 10.6 Å². The van der Waals surface area contributed by atoms with Crippen LogP contribution in [-0.4, -0.2) is 33.9 Å². The lowest BCUT2D eigenvalue weighted by Crippen LogP contribution is -2.48. The first-order valence-corrected chi connectivity index (χ1v) is 11.0. The van der Waals surface area contributed by atoms with Crippen molar-refractivity contribution in [3.05, 3.63) is 77.6 Å². The van der Waals surface area contributed by atoms with Gasteiger partial charge in [-0.2, -0.15) is 0 Å². The van der Waals surface area contributed by atoms with Gasteiger partial charge in [0.1, 0.15) is 11.7 Å². The quantitative estimate of drug-likeness (QED) is 0.459. The van der Waals surface area contributed by atoms with Crippen LogP contribution in [0, 0.1) is 12.8 Å². The smallest absolute Gasteiger partial charge is 0.305 e. The molecule has 1 aromatic heterocycles. The molecule has 0 aliphatic carbocycles. The molecule has 0 aliphatic heterocycles. The van der Waals surface area contributed by atoms with Crippen LogP contribution >= 0.6 is 0 Å². The van der Waals surface area contributed by atoms with E-state index in [0.717, 1.165) is 21.9 Å². The first kappa shape index (κ1) is 23.9. The highest BCUT2D eigenvalue weighted by atomic mass is 16.4. The number of hydrogen-bond donors (Lipinski definition) is 3. The van der Waals surface area contributed by atoms with E-state index in [1.807, 2.05) is 63.2 Å². The fourth-order valence-electron chi connectivity index (χ4n) is 3.81. The van der Waals surface area contributed by atoms with Crippen LogP contribution in [0.3, 0.4) is 0 Å². The molecule has 172 valence electrons. The number of nitrogens with one attached hydrogen (secondary N) is 2. The molecule has 7 nitrogen and oxygen atoms in total. The summed E-state index contributed by atoms with van der Waals surface area (Å²) in [5.74, 6) is -1.77. The van der Waals surface area contributed by atoms with Crippen molar-refractivity contribution in [2.75, 3.05) is 0 Å². The zero-order chi connectivity index (χ0) is 24.0. The lowest BCUT2D eigenvalue weighted by molar-refractivity contribution is -0.137. The number of aryl methyl sites for hydroxylation is 1. The summed E-state index contributed by atoms with van der Waals surface area (Å²) in [5.41, 5.74) is 1.84. The molecule has 2 atom stereocenters. The lowest BCUT2D eigenvalue weighted by atomic mass is 9.97. The van der Waals surface area contributed by atoms with E-state index < -0.39 is 29.9 Å². The van der Waals surface area contributed by atoms with Crippen LogP contribution in [0.2, 0.25) is 0 Å². The zero-order valence-corrected chi connectivity index (χ0v) is 19.0. The van der Waals surface area contributed by atoms with Gasteiger partial charge in [-0.05, 0) is 41.8 Å². The molecule has 7 heteroatoms. The fraction of sp³-hybridized carbons (Fsp3) is 0.308. The minimum Gasteiger partial charge on any atom is -0.481 e. The molecule has 1 heterocycles. The molecule has 0 saturated heterocycles. The summed E-state index contributed by atoms with van der Waals surface area (Å²) in [5, 5.41) is 16.8. The molecule has 0 bridgehead atoms. The average molecular weight is 448 g/mol. The van der Waals surface area contributed by atoms with Crippen LogP contribution in [0.25, 0.3) is 10.8 Å². The lowest BCUT2D eigenvalue weighted by Gasteiger charge is -2.25. The van der Waals surface area contributed by atoms with E-state index in [1.165, 1.54) is 0 Å². The van der Waals surface area contributed by atoms with Gasteiger partial charge in [0.05, 0.1) is 12.5 Å². The number of rotatable bonds is 9. The van der Waals surface area contributed by atoms with Crippen molar-refractivity contribution in [2.45, 2.75) is 45.7 Å². The average Bonchev–Trinajstić information content (AvgIpc) is 2.77. The van der Waals surface area contributed by atoms with E-state index in [0.29, 0.717) is 6.42 Å². The number of hydrogen-bond acceptors (Lipinski definition) is 4. The van der Waals surface area contributed by atoms with E-state index in [2.05, 4.69) is 15.6 Å². The number of carbonyl (C=O) groups excluding carboxylic acids is 2. The Morgan fingerprint density at radius 1 is 0.970 bits per heavy atom. The first-order chi connectivity index (χ1) is 15.7. The third-order valence-electron chi connectivity index (χ3n) is 5.45. The Kier molecular flexibility index (Phi) is 7.77. The van der Waals surface area contributed by atoms with Crippen molar-refractivity contribution in [2.24, 2.45) is 5.92 Å². The highest BCUT2D eigenvalue weighted by molar-refractivity contribution is 5.99. The summed E-state index contributed by atoms with van der Waals surface area (Å²) < 4.78 is 0. The number of fused-ring (bicyclic) bond motifs is 1. The van der Waals surface area contributed by atoms with Gasteiger partial charge in [0.15, 0.2) is 0 Å². The molecule has 0 radical (unpaired) electrons. The predicted molar refractivity (Wildman–Crippen MR) is 127 cm³/mol. The molecule has 33 heavy (non-hydrogen) atoms. The third kappa shape index (κ3) is 6.38. The topological polar surface area (TPSA) is 108 Å². The molecule has 0 spiro atoms. The standard InChI is InChI=1S/C26H29N3O4/c1-16(2)12-23(29-25(32)22-13-18-9-5-6-10-19(18)15-27-22)26(33)28-21(14-24(30)31)20-11-7-4-8-17(20)3/h4-11,13,15-16,21,23H,12,14H2,1-3H3,(H,28,33)(H,29,32)(H,30,31)/t21-,23+/m1/s1. The molecule has 2 amide bonds. The number of benzene rings is 2. The molecule has 0 aliphatic rings. The van der Waals surface area contributed by atoms with Gasteiger partial charge < -0.3 is 15.7 Å². The SMILES string of the molecule is Cc1ccccc1[C@@H](CC(=O)O)NC(=O)[C@H](CC(C)C)NC(=O)c1cc2ccccc2cn1. The molecule has 0 fully saturated rings. The number of aliphatic carboxylic acids is 1. The summed E-state index contributed by atoms with van der Waals surface area (Å²) >= 11 is 0. The molecular weight excluding hydrogens is 418 g/mol. The molecule has 3 rings (SSSR count). The van der Waals surface area contributed by atoms with E-state index in [-0.39, 0.29) is 18.0 Å². The third-order valence-corrected chi connectivity index (χ3v) is 5.45. The summed E-state index contributed by atoms with van der Waals surface area (Å²) in [6.45, 7) is 5.78. The van der Waals surface area contributed by atoms with Crippen LogP contribution in [0.4, 0.5) is 0 Å². The van der Waals surface area contributed by atoms with Crippen molar-refractivity contribution < 1.29 is 19.5 Å². The van der Waals surface area contributed by atoms with Crippen molar-refractivity contribution in [1.29, 1.82) is 0 Å². The second-order valence-corrected chi connectivity index (χ2v) is 8.59. The summed E-state index contributed by atoms with van der Waals surface area (Å²) in [7, 11) is 0. The maximum atomic E-state index is 13.2. The van der Waals surface area contributed by atoms with Gasteiger partial charge in [0, 0.05) is 11.6 Å². The minimum atomic E-state index is -1.02. The molecule has 2 aromatic carbocycles. The Balaban J connectivity index is 1.81. The Hall–Kier alpha value is -3.74. The molecule has 3 aromatic rings. The number of pyridine rings is 1. The maximum absolute atomic E-state index is 13.2. The summed E-state index contributed by atoms with van der Waals surface area (Å²) in [4.78, 5) is 41.8. The van der Waals surface area contributed by atoms with Crippen LogP contribution in [-0.2, 0) is 9.59 Å². The molecule has 0 unspecified atom stereocenters. The number of aromatic nitrogens is 1. The number of carboxylic acids is 1. The van der Waals surface area contributed by atoms with Gasteiger partial charge in [0.2, 0.25) is 5.91 Å². The summed E-state index contributed by atoms with van der Waals surface area (Å²) in [6, 6.07) is 15.1. The van der Waals surface area contributed by atoms with Gasteiger partial charge in [-0.1, -0.05) is 62.4 Å². The number of carbonyl (C=O) groups is 3. The van der Waals surface area contributed by atoms with Crippen molar-refractivity contribution in [3.63, 3.8) is 0 Å². The molecule has 0 saturated carbocycles. The van der Waals surface area contributed by atoms with Gasteiger partial charge in [-0.15, -0.1) is 0 Å². The highest BCUT2D eigenvalue weighted by Crippen LogP contribution is 2.21. The Bertz CT molecular complexity index is 1160. The Morgan fingerprint density at radius 3 is 2.30 bits per heavy atom. The Labute approximate surface area is 193 Å². The van der Waals surface area contributed by atoms with Crippen LogP contribution in [0.5, 0.6) is 0 Å². The van der Waals surface area contributed by atoms with E-state index in [9.17, 15) is 19.5 Å². The van der Waals surface area contributed by atoms with Gasteiger partial charge in [0.25, 0.3) is 5.91 Å². The van der Waals surface area contributed by atoms with Gasteiger partial charge in [-0.25, -0.2) is 0 Å². The second-order valence-electron chi connectivity index (χ2n) is 8.59. The normalized spacial score (nSPS) is 12.8. The number of carboxylic acid groups (broad SMARTS) is 1. The second kappa shape index (κ2) is 10.7.